The zero-order chi connectivity index (χ0) is 13.4. The SMILES string of the molecule is CC1CN(C(C)c2cc3ccccc3o2)CCC1N. The van der Waals surface area contributed by atoms with Gasteiger partial charge in [0.25, 0.3) is 0 Å². The molecule has 1 aromatic heterocycles. The van der Waals surface area contributed by atoms with Gasteiger partial charge in [0, 0.05) is 24.5 Å². The lowest BCUT2D eigenvalue weighted by atomic mass is 9.93. The van der Waals surface area contributed by atoms with Crippen molar-refractivity contribution < 1.29 is 4.42 Å². The minimum atomic E-state index is 0.322. The van der Waals surface area contributed by atoms with E-state index in [4.69, 9.17) is 10.2 Å². The first-order chi connectivity index (χ1) is 9.15. The Morgan fingerprint density at radius 3 is 2.89 bits per heavy atom. The summed E-state index contributed by atoms with van der Waals surface area (Å²) in [4.78, 5) is 2.48. The van der Waals surface area contributed by atoms with Gasteiger partial charge in [0.1, 0.15) is 11.3 Å². The predicted molar refractivity (Wildman–Crippen MR) is 78.0 cm³/mol. The van der Waals surface area contributed by atoms with Crippen LogP contribution in [0.5, 0.6) is 0 Å². The number of piperidine rings is 1. The van der Waals surface area contributed by atoms with Crippen molar-refractivity contribution in [3.63, 3.8) is 0 Å². The van der Waals surface area contributed by atoms with Crippen LogP contribution in [0.1, 0.15) is 32.1 Å². The number of rotatable bonds is 2. The normalized spacial score (nSPS) is 26.7. The first kappa shape index (κ1) is 12.7. The zero-order valence-electron chi connectivity index (χ0n) is 11.7. The van der Waals surface area contributed by atoms with Gasteiger partial charge in [-0.1, -0.05) is 25.1 Å². The Labute approximate surface area is 114 Å². The number of hydrogen-bond acceptors (Lipinski definition) is 3. The summed E-state index contributed by atoms with van der Waals surface area (Å²) in [5, 5.41) is 1.19. The van der Waals surface area contributed by atoms with E-state index in [0.717, 1.165) is 30.9 Å². The molecule has 2 N–H and O–H groups in total. The molecule has 3 heteroatoms. The van der Waals surface area contributed by atoms with Crippen molar-refractivity contribution in [3.8, 4) is 0 Å². The molecule has 0 aliphatic carbocycles. The number of fused-ring (bicyclic) bond motifs is 1. The molecule has 1 aromatic carbocycles. The molecule has 3 atom stereocenters. The van der Waals surface area contributed by atoms with Gasteiger partial charge in [-0.25, -0.2) is 0 Å². The average molecular weight is 258 g/mol. The first-order valence-electron chi connectivity index (χ1n) is 7.13. The summed E-state index contributed by atoms with van der Waals surface area (Å²) in [7, 11) is 0. The maximum absolute atomic E-state index is 6.09. The molecule has 1 saturated heterocycles. The topological polar surface area (TPSA) is 42.4 Å². The van der Waals surface area contributed by atoms with Crippen molar-refractivity contribution in [1.29, 1.82) is 0 Å². The highest BCUT2D eigenvalue weighted by molar-refractivity contribution is 5.77. The molecule has 0 saturated carbocycles. The highest BCUT2D eigenvalue weighted by Gasteiger charge is 2.28. The fourth-order valence-electron chi connectivity index (χ4n) is 2.94. The summed E-state index contributed by atoms with van der Waals surface area (Å²) in [5.74, 6) is 1.62. The molecule has 1 aliphatic rings. The minimum Gasteiger partial charge on any atom is -0.459 e. The highest BCUT2D eigenvalue weighted by Crippen LogP contribution is 2.30. The molecular formula is C16H22N2O. The summed E-state index contributed by atoms with van der Waals surface area (Å²) in [6.45, 7) is 6.58. The van der Waals surface area contributed by atoms with E-state index in [9.17, 15) is 0 Å². The molecule has 0 radical (unpaired) electrons. The summed E-state index contributed by atoms with van der Waals surface area (Å²) < 4.78 is 5.97. The van der Waals surface area contributed by atoms with Gasteiger partial charge in [-0.15, -0.1) is 0 Å². The van der Waals surface area contributed by atoms with E-state index in [1.165, 1.54) is 5.39 Å². The van der Waals surface area contributed by atoms with Crippen LogP contribution in [0.3, 0.4) is 0 Å². The summed E-state index contributed by atoms with van der Waals surface area (Å²) >= 11 is 0. The molecule has 102 valence electrons. The number of benzene rings is 1. The molecule has 2 heterocycles. The summed E-state index contributed by atoms with van der Waals surface area (Å²) in [5.41, 5.74) is 7.07. The Hall–Kier alpha value is -1.32. The standard InChI is InChI=1S/C16H22N2O/c1-11-10-18(8-7-14(11)17)12(2)16-9-13-5-3-4-6-15(13)19-16/h3-6,9,11-12,14H,7-8,10,17H2,1-2H3. The van der Waals surface area contributed by atoms with Crippen LogP contribution in [0.25, 0.3) is 11.0 Å². The molecule has 3 rings (SSSR count). The van der Waals surface area contributed by atoms with Crippen LogP contribution in [0, 0.1) is 5.92 Å². The van der Waals surface area contributed by atoms with E-state index in [2.05, 4.69) is 30.9 Å². The average Bonchev–Trinajstić information content (AvgIpc) is 2.85. The van der Waals surface area contributed by atoms with Crippen molar-refractivity contribution in [2.24, 2.45) is 11.7 Å². The fraction of sp³-hybridized carbons (Fsp3) is 0.500. The Morgan fingerprint density at radius 1 is 1.37 bits per heavy atom. The largest absolute Gasteiger partial charge is 0.459 e. The minimum absolute atomic E-state index is 0.322. The number of para-hydroxylation sites is 1. The summed E-state index contributed by atoms with van der Waals surface area (Å²) in [6.07, 6.45) is 1.08. The van der Waals surface area contributed by atoms with Gasteiger partial charge in [-0.2, -0.15) is 0 Å². The lowest BCUT2D eigenvalue weighted by molar-refractivity contribution is 0.113. The van der Waals surface area contributed by atoms with Crippen molar-refractivity contribution in [2.75, 3.05) is 13.1 Å². The van der Waals surface area contributed by atoms with Gasteiger partial charge < -0.3 is 10.2 Å². The second-order valence-corrected chi connectivity index (χ2v) is 5.79. The third-order valence-corrected chi connectivity index (χ3v) is 4.41. The maximum atomic E-state index is 6.09. The molecule has 19 heavy (non-hydrogen) atoms. The Balaban J connectivity index is 1.81. The molecule has 1 aliphatic heterocycles. The van der Waals surface area contributed by atoms with Crippen LogP contribution in [0.2, 0.25) is 0 Å². The lowest BCUT2D eigenvalue weighted by Crippen LogP contribution is -2.46. The first-order valence-corrected chi connectivity index (χ1v) is 7.13. The van der Waals surface area contributed by atoms with Gasteiger partial charge in [-0.3, -0.25) is 4.90 Å². The third kappa shape index (κ3) is 2.40. The lowest BCUT2D eigenvalue weighted by Gasteiger charge is -2.37. The number of nitrogens with zero attached hydrogens (tertiary/aromatic N) is 1. The third-order valence-electron chi connectivity index (χ3n) is 4.41. The van der Waals surface area contributed by atoms with Gasteiger partial charge in [0.05, 0.1) is 6.04 Å². The maximum Gasteiger partial charge on any atom is 0.134 e. The van der Waals surface area contributed by atoms with Crippen LogP contribution in [-0.4, -0.2) is 24.0 Å². The number of nitrogens with two attached hydrogens (primary N) is 1. The van der Waals surface area contributed by atoms with Crippen LogP contribution < -0.4 is 5.73 Å². The molecular weight excluding hydrogens is 236 g/mol. The smallest absolute Gasteiger partial charge is 0.134 e. The van der Waals surface area contributed by atoms with Gasteiger partial charge in [0.15, 0.2) is 0 Å². The number of hydrogen-bond donors (Lipinski definition) is 1. The van der Waals surface area contributed by atoms with Crippen molar-refractivity contribution in [1.82, 2.24) is 4.90 Å². The molecule has 3 unspecified atom stereocenters. The Bertz CT molecular complexity index is 530. The van der Waals surface area contributed by atoms with E-state index in [0.29, 0.717) is 18.0 Å². The van der Waals surface area contributed by atoms with Crippen LogP contribution in [-0.2, 0) is 0 Å². The molecule has 2 aromatic rings. The monoisotopic (exact) mass is 258 g/mol. The van der Waals surface area contributed by atoms with Crippen LogP contribution in [0.4, 0.5) is 0 Å². The fourth-order valence-corrected chi connectivity index (χ4v) is 2.94. The molecule has 0 amide bonds. The molecule has 3 nitrogen and oxygen atoms in total. The Kier molecular flexibility index (Phi) is 3.33. The van der Waals surface area contributed by atoms with E-state index in [1.54, 1.807) is 0 Å². The molecule has 0 spiro atoms. The zero-order valence-corrected chi connectivity index (χ0v) is 11.7. The predicted octanol–water partition coefficient (Wildman–Crippen LogP) is 3.16. The number of furan rings is 1. The second kappa shape index (κ2) is 4.99. The van der Waals surface area contributed by atoms with Crippen molar-refractivity contribution >= 4 is 11.0 Å². The van der Waals surface area contributed by atoms with E-state index >= 15 is 0 Å². The van der Waals surface area contributed by atoms with E-state index in [-0.39, 0.29) is 0 Å². The Morgan fingerprint density at radius 2 is 2.16 bits per heavy atom. The quantitative estimate of drug-likeness (QED) is 0.899. The highest BCUT2D eigenvalue weighted by atomic mass is 16.3. The van der Waals surface area contributed by atoms with E-state index in [1.807, 2.05) is 18.2 Å². The van der Waals surface area contributed by atoms with Crippen LogP contribution >= 0.6 is 0 Å². The number of likely N-dealkylation sites (tertiary alicyclic amines) is 1. The second-order valence-electron chi connectivity index (χ2n) is 5.79. The molecule has 0 bridgehead atoms. The van der Waals surface area contributed by atoms with E-state index < -0.39 is 0 Å². The van der Waals surface area contributed by atoms with Gasteiger partial charge in [0.2, 0.25) is 0 Å². The molecule has 1 fully saturated rings. The van der Waals surface area contributed by atoms with Crippen molar-refractivity contribution in [3.05, 3.63) is 36.1 Å². The van der Waals surface area contributed by atoms with Gasteiger partial charge >= 0.3 is 0 Å². The van der Waals surface area contributed by atoms with Gasteiger partial charge in [-0.05, 0) is 31.4 Å². The van der Waals surface area contributed by atoms with Crippen molar-refractivity contribution in [2.45, 2.75) is 32.4 Å². The van der Waals surface area contributed by atoms with Crippen LogP contribution in [0.15, 0.2) is 34.7 Å². The summed E-state index contributed by atoms with van der Waals surface area (Å²) in [6, 6.07) is 11.0.